The molecule has 0 amide bonds. The summed E-state index contributed by atoms with van der Waals surface area (Å²) < 4.78 is 0. The first-order valence-electron chi connectivity index (χ1n) is 7.04. The molecule has 0 radical (unpaired) electrons. The minimum Gasteiger partial charge on any atom is -0.394 e. The molecule has 1 atom stereocenters. The van der Waals surface area contributed by atoms with Crippen LogP contribution in [0.25, 0.3) is 0 Å². The van der Waals surface area contributed by atoms with Crippen LogP contribution in [0.5, 0.6) is 0 Å². The van der Waals surface area contributed by atoms with Crippen molar-refractivity contribution in [2.24, 2.45) is 5.41 Å². The van der Waals surface area contributed by atoms with Crippen LogP contribution in [0.15, 0.2) is 24.3 Å². The lowest BCUT2D eigenvalue weighted by Gasteiger charge is -2.35. The Morgan fingerprint density at radius 2 is 1.84 bits per heavy atom. The van der Waals surface area contributed by atoms with Gasteiger partial charge in [0, 0.05) is 25.3 Å². The van der Waals surface area contributed by atoms with Gasteiger partial charge in [0.2, 0.25) is 0 Å². The summed E-state index contributed by atoms with van der Waals surface area (Å²) in [6, 6.07) is 8.80. The Balaban J connectivity index is 2.30. The van der Waals surface area contributed by atoms with Gasteiger partial charge in [0.05, 0.1) is 12.6 Å². The molecule has 1 aliphatic rings. The first kappa shape index (κ1) is 14.4. The molecular weight excluding hydrogens is 236 g/mol. The minimum absolute atomic E-state index is 0.175. The molecule has 1 aliphatic heterocycles. The third kappa shape index (κ3) is 3.48. The van der Waals surface area contributed by atoms with E-state index in [9.17, 15) is 5.11 Å². The average Bonchev–Trinajstić information content (AvgIpc) is 2.45. The molecule has 1 N–H and O–H groups in total. The van der Waals surface area contributed by atoms with Gasteiger partial charge in [-0.05, 0) is 31.5 Å². The molecule has 0 saturated carbocycles. The van der Waals surface area contributed by atoms with Gasteiger partial charge in [0.15, 0.2) is 0 Å². The molecule has 1 saturated heterocycles. The van der Waals surface area contributed by atoms with Gasteiger partial charge in [-0.1, -0.05) is 31.5 Å². The molecule has 3 nitrogen and oxygen atoms in total. The van der Waals surface area contributed by atoms with Gasteiger partial charge >= 0.3 is 0 Å². The maximum Gasteiger partial charge on any atom is 0.0648 e. The smallest absolute Gasteiger partial charge is 0.0648 e. The number of nitrogens with zero attached hydrogens (tertiary/aromatic N) is 2. The second-order valence-corrected chi connectivity index (χ2v) is 6.66. The van der Waals surface area contributed by atoms with Gasteiger partial charge in [-0.2, -0.15) is 0 Å². The SMILES string of the molecule is Cc1ccc(N2CC(C)(C)CN(C)CC2CO)cc1. The summed E-state index contributed by atoms with van der Waals surface area (Å²) in [6.07, 6.45) is 0. The Bertz CT molecular complexity index is 413. The van der Waals surface area contributed by atoms with E-state index in [1.54, 1.807) is 0 Å². The van der Waals surface area contributed by atoms with E-state index in [4.69, 9.17) is 0 Å². The van der Waals surface area contributed by atoms with Crippen molar-refractivity contribution in [3.05, 3.63) is 29.8 Å². The molecule has 1 aromatic carbocycles. The predicted octanol–water partition coefficient (Wildman–Crippen LogP) is 2.13. The van der Waals surface area contributed by atoms with E-state index in [0.29, 0.717) is 0 Å². The predicted molar refractivity (Wildman–Crippen MR) is 80.7 cm³/mol. The number of aliphatic hydroxyl groups excluding tert-OH is 1. The van der Waals surface area contributed by atoms with Gasteiger partial charge in [-0.3, -0.25) is 0 Å². The molecule has 19 heavy (non-hydrogen) atoms. The van der Waals surface area contributed by atoms with Crippen LogP contribution in [-0.4, -0.2) is 49.3 Å². The van der Waals surface area contributed by atoms with Crippen molar-refractivity contribution >= 4 is 5.69 Å². The summed E-state index contributed by atoms with van der Waals surface area (Å²) >= 11 is 0. The highest BCUT2D eigenvalue weighted by Gasteiger charge is 2.32. The zero-order valence-electron chi connectivity index (χ0n) is 12.6. The van der Waals surface area contributed by atoms with E-state index < -0.39 is 0 Å². The zero-order valence-corrected chi connectivity index (χ0v) is 12.6. The number of rotatable bonds is 2. The van der Waals surface area contributed by atoms with Gasteiger partial charge in [-0.15, -0.1) is 0 Å². The van der Waals surface area contributed by atoms with Crippen molar-refractivity contribution < 1.29 is 5.11 Å². The summed E-state index contributed by atoms with van der Waals surface area (Å²) in [5.41, 5.74) is 2.72. The number of aliphatic hydroxyl groups is 1. The highest BCUT2D eigenvalue weighted by atomic mass is 16.3. The Labute approximate surface area is 116 Å². The molecular formula is C16H26N2O. The minimum atomic E-state index is 0.175. The molecule has 1 aromatic rings. The number of benzene rings is 1. The van der Waals surface area contributed by atoms with E-state index >= 15 is 0 Å². The molecule has 0 bridgehead atoms. The number of hydrogen-bond acceptors (Lipinski definition) is 3. The Hall–Kier alpha value is -1.06. The molecule has 0 aromatic heterocycles. The average molecular weight is 262 g/mol. The Kier molecular flexibility index (Phi) is 4.16. The molecule has 0 aliphatic carbocycles. The van der Waals surface area contributed by atoms with E-state index in [0.717, 1.165) is 19.6 Å². The summed E-state index contributed by atoms with van der Waals surface area (Å²) in [7, 11) is 2.14. The second-order valence-electron chi connectivity index (χ2n) is 6.66. The van der Waals surface area contributed by atoms with Gasteiger partial charge in [0.1, 0.15) is 0 Å². The fourth-order valence-corrected chi connectivity index (χ4v) is 3.09. The van der Waals surface area contributed by atoms with Crippen molar-refractivity contribution in [3.63, 3.8) is 0 Å². The third-order valence-electron chi connectivity index (χ3n) is 3.84. The molecule has 1 heterocycles. The first-order valence-corrected chi connectivity index (χ1v) is 7.04. The first-order chi connectivity index (χ1) is 8.91. The van der Waals surface area contributed by atoms with Crippen molar-refractivity contribution in [2.45, 2.75) is 26.8 Å². The summed E-state index contributed by atoms with van der Waals surface area (Å²) in [6.45, 7) is 9.85. The van der Waals surface area contributed by atoms with E-state index in [-0.39, 0.29) is 18.1 Å². The molecule has 0 spiro atoms. The molecule has 1 unspecified atom stereocenters. The summed E-state index contributed by atoms with van der Waals surface area (Å²) in [5.74, 6) is 0. The highest BCUT2D eigenvalue weighted by molar-refractivity contribution is 5.49. The number of aryl methyl sites for hydroxylation is 1. The lowest BCUT2D eigenvalue weighted by molar-refractivity contribution is 0.213. The topological polar surface area (TPSA) is 26.7 Å². The van der Waals surface area contributed by atoms with Gasteiger partial charge < -0.3 is 14.9 Å². The summed E-state index contributed by atoms with van der Waals surface area (Å²) in [5, 5.41) is 9.72. The van der Waals surface area contributed by atoms with Gasteiger partial charge in [0.25, 0.3) is 0 Å². The van der Waals surface area contributed by atoms with Crippen LogP contribution < -0.4 is 4.90 Å². The normalized spacial score (nSPS) is 24.3. The van der Waals surface area contributed by atoms with Crippen LogP contribution >= 0.6 is 0 Å². The van der Waals surface area contributed by atoms with Crippen molar-refractivity contribution in [3.8, 4) is 0 Å². The maximum absolute atomic E-state index is 9.72. The largest absolute Gasteiger partial charge is 0.394 e. The van der Waals surface area contributed by atoms with E-state index in [1.807, 2.05) is 0 Å². The van der Waals surface area contributed by atoms with E-state index in [1.165, 1.54) is 11.3 Å². The molecule has 106 valence electrons. The second kappa shape index (κ2) is 5.51. The lowest BCUT2D eigenvalue weighted by atomic mass is 9.92. The monoisotopic (exact) mass is 262 g/mol. The fraction of sp³-hybridized carbons (Fsp3) is 0.625. The van der Waals surface area contributed by atoms with Crippen LogP contribution in [0, 0.1) is 12.3 Å². The molecule has 1 fully saturated rings. The number of hydrogen-bond donors (Lipinski definition) is 1. The fourth-order valence-electron chi connectivity index (χ4n) is 3.09. The lowest BCUT2D eigenvalue weighted by Crippen LogP contribution is -2.44. The Morgan fingerprint density at radius 3 is 2.42 bits per heavy atom. The van der Waals surface area contributed by atoms with Crippen LogP contribution in [0.4, 0.5) is 5.69 Å². The third-order valence-corrected chi connectivity index (χ3v) is 3.84. The van der Waals surface area contributed by atoms with E-state index in [2.05, 4.69) is 61.9 Å². The molecule has 3 heteroatoms. The zero-order chi connectivity index (χ0) is 14.0. The van der Waals surface area contributed by atoms with Gasteiger partial charge in [-0.25, -0.2) is 0 Å². The van der Waals surface area contributed by atoms with Crippen LogP contribution in [0.1, 0.15) is 19.4 Å². The quantitative estimate of drug-likeness (QED) is 0.884. The van der Waals surface area contributed by atoms with Crippen LogP contribution in [0.3, 0.4) is 0 Å². The highest BCUT2D eigenvalue weighted by Crippen LogP contribution is 2.28. The molecule has 2 rings (SSSR count). The van der Waals surface area contributed by atoms with Crippen LogP contribution in [-0.2, 0) is 0 Å². The van der Waals surface area contributed by atoms with Crippen molar-refractivity contribution in [2.75, 3.05) is 38.2 Å². The van der Waals surface area contributed by atoms with Crippen molar-refractivity contribution in [1.29, 1.82) is 0 Å². The standard InChI is InChI=1S/C16H26N2O/c1-13-5-7-14(8-6-13)18-12-16(2,3)11-17(4)9-15(18)10-19/h5-8,15,19H,9-12H2,1-4H3. The number of likely N-dealkylation sites (N-methyl/N-ethyl adjacent to an activating group) is 1. The maximum atomic E-state index is 9.72. The number of anilines is 1. The van der Waals surface area contributed by atoms with Crippen molar-refractivity contribution in [1.82, 2.24) is 4.90 Å². The Morgan fingerprint density at radius 1 is 1.21 bits per heavy atom. The summed E-state index contributed by atoms with van der Waals surface area (Å²) in [4.78, 5) is 4.69. The van der Waals surface area contributed by atoms with Crippen LogP contribution in [0.2, 0.25) is 0 Å².